The molecule has 0 spiro atoms. The lowest BCUT2D eigenvalue weighted by molar-refractivity contribution is -0.130. The predicted molar refractivity (Wildman–Crippen MR) is 84.0 cm³/mol. The minimum absolute atomic E-state index is 0.374. The zero-order valence-corrected chi connectivity index (χ0v) is 12.8. The number of nitrogens with zero attached hydrogens (tertiary/aromatic N) is 2. The third kappa shape index (κ3) is 4.60. The quantitative estimate of drug-likeness (QED) is 0.782. The van der Waals surface area contributed by atoms with Gasteiger partial charge in [-0.15, -0.1) is 0 Å². The highest BCUT2D eigenvalue weighted by molar-refractivity contribution is 5.76. The number of carbonyl (C=O) groups is 1. The first-order valence-corrected chi connectivity index (χ1v) is 8.43. The van der Waals surface area contributed by atoms with Crippen molar-refractivity contribution in [2.75, 3.05) is 19.6 Å². The lowest BCUT2D eigenvalue weighted by Crippen LogP contribution is -2.34. The van der Waals surface area contributed by atoms with E-state index in [1.165, 1.54) is 12.8 Å². The Hall–Kier alpha value is -1.29. The first kappa shape index (κ1) is 14.6. The zero-order chi connectivity index (χ0) is 14.5. The number of amides is 1. The number of aryl methyl sites for hydroxylation is 1. The van der Waals surface area contributed by atoms with Crippen molar-refractivity contribution < 1.29 is 4.79 Å². The summed E-state index contributed by atoms with van der Waals surface area (Å²) in [5.74, 6) is 1.18. The Labute approximate surface area is 127 Å². The molecule has 21 heavy (non-hydrogen) atoms. The number of rotatable bonds is 7. The molecule has 1 atom stereocenters. The second-order valence-electron chi connectivity index (χ2n) is 6.54. The number of nitrogens with one attached hydrogen (secondary N) is 1. The van der Waals surface area contributed by atoms with Crippen LogP contribution in [0.5, 0.6) is 0 Å². The maximum Gasteiger partial charge on any atom is 0.222 e. The Balaban J connectivity index is 1.35. The fraction of sp³-hybridized carbons (Fsp3) is 0.706. The highest BCUT2D eigenvalue weighted by Crippen LogP contribution is 2.30. The number of aromatic nitrogens is 1. The van der Waals surface area contributed by atoms with E-state index in [0.29, 0.717) is 11.9 Å². The maximum absolute atomic E-state index is 12.1. The van der Waals surface area contributed by atoms with E-state index in [0.717, 1.165) is 57.8 Å². The van der Waals surface area contributed by atoms with E-state index in [1.807, 2.05) is 0 Å². The smallest absolute Gasteiger partial charge is 0.222 e. The molecule has 4 nitrogen and oxygen atoms in total. The molecule has 1 N–H and O–H groups in total. The molecule has 2 heterocycles. The second kappa shape index (κ2) is 7.12. The highest BCUT2D eigenvalue weighted by atomic mass is 16.2. The summed E-state index contributed by atoms with van der Waals surface area (Å²) in [6, 6.07) is 4.65. The topological polar surface area (TPSA) is 37.3 Å². The Kier molecular flexibility index (Phi) is 4.96. The minimum Gasteiger partial charge on any atom is -0.354 e. The summed E-state index contributed by atoms with van der Waals surface area (Å²) in [7, 11) is 0. The molecule has 2 aliphatic rings. The number of likely N-dealkylation sites (tertiary alicyclic amines) is 1. The van der Waals surface area contributed by atoms with Gasteiger partial charge in [0.2, 0.25) is 5.91 Å². The molecule has 1 saturated carbocycles. The van der Waals surface area contributed by atoms with Crippen molar-refractivity contribution in [3.63, 3.8) is 0 Å². The summed E-state index contributed by atoms with van der Waals surface area (Å²) < 4.78 is 2.22. The molecular weight excluding hydrogens is 262 g/mol. The molecule has 1 aliphatic carbocycles. The normalized spacial score (nSPS) is 23.3. The van der Waals surface area contributed by atoms with Gasteiger partial charge in [0.25, 0.3) is 0 Å². The van der Waals surface area contributed by atoms with Crippen molar-refractivity contribution >= 4 is 5.91 Å². The van der Waals surface area contributed by atoms with E-state index in [1.54, 1.807) is 0 Å². The summed E-state index contributed by atoms with van der Waals surface area (Å²) >= 11 is 0. The molecule has 1 saturated heterocycles. The average Bonchev–Trinajstić information content (AvgIpc) is 3.19. The largest absolute Gasteiger partial charge is 0.354 e. The predicted octanol–water partition coefficient (Wildman–Crippen LogP) is 2.26. The van der Waals surface area contributed by atoms with Gasteiger partial charge in [0.05, 0.1) is 0 Å². The molecule has 4 heteroatoms. The summed E-state index contributed by atoms with van der Waals surface area (Å²) in [6.45, 7) is 4.07. The van der Waals surface area contributed by atoms with Gasteiger partial charge in [-0.2, -0.15) is 0 Å². The van der Waals surface area contributed by atoms with Crippen LogP contribution in [0.1, 0.15) is 38.5 Å². The molecule has 0 radical (unpaired) electrons. The van der Waals surface area contributed by atoms with Gasteiger partial charge < -0.3 is 14.8 Å². The van der Waals surface area contributed by atoms with E-state index in [-0.39, 0.29) is 0 Å². The van der Waals surface area contributed by atoms with Crippen LogP contribution in [-0.4, -0.2) is 41.1 Å². The lowest BCUT2D eigenvalue weighted by atomic mass is 10.1. The van der Waals surface area contributed by atoms with Gasteiger partial charge in [-0.05, 0) is 56.7 Å². The first-order chi connectivity index (χ1) is 10.3. The van der Waals surface area contributed by atoms with Crippen molar-refractivity contribution in [3.8, 4) is 0 Å². The molecule has 3 rings (SSSR count). The number of carbonyl (C=O) groups excluding carboxylic acids is 1. The van der Waals surface area contributed by atoms with Crippen LogP contribution in [0.15, 0.2) is 24.5 Å². The van der Waals surface area contributed by atoms with Crippen molar-refractivity contribution in [2.45, 2.75) is 51.1 Å². The SMILES string of the molecule is O=C1CCC(NCCCn2cccc2)CCN1CC1CC1. The van der Waals surface area contributed by atoms with E-state index >= 15 is 0 Å². The highest BCUT2D eigenvalue weighted by Gasteiger charge is 2.28. The Bertz CT molecular complexity index is 439. The number of hydrogen-bond donors (Lipinski definition) is 1. The monoisotopic (exact) mass is 289 g/mol. The minimum atomic E-state index is 0.374. The Morgan fingerprint density at radius 2 is 1.95 bits per heavy atom. The fourth-order valence-electron chi connectivity index (χ4n) is 3.13. The van der Waals surface area contributed by atoms with Gasteiger partial charge in [-0.1, -0.05) is 0 Å². The van der Waals surface area contributed by atoms with E-state index in [4.69, 9.17) is 0 Å². The number of hydrogen-bond acceptors (Lipinski definition) is 2. The third-order valence-corrected chi connectivity index (χ3v) is 4.67. The first-order valence-electron chi connectivity index (χ1n) is 8.43. The summed E-state index contributed by atoms with van der Waals surface area (Å²) in [5, 5.41) is 3.64. The van der Waals surface area contributed by atoms with Crippen LogP contribution >= 0.6 is 0 Å². The van der Waals surface area contributed by atoms with Crippen LogP contribution in [-0.2, 0) is 11.3 Å². The van der Waals surface area contributed by atoms with E-state index in [9.17, 15) is 4.79 Å². The molecule has 1 unspecified atom stereocenters. The van der Waals surface area contributed by atoms with Crippen LogP contribution in [0.2, 0.25) is 0 Å². The lowest BCUT2D eigenvalue weighted by Gasteiger charge is -2.21. The average molecular weight is 289 g/mol. The fourth-order valence-corrected chi connectivity index (χ4v) is 3.13. The van der Waals surface area contributed by atoms with Gasteiger partial charge in [0, 0.05) is 44.5 Å². The van der Waals surface area contributed by atoms with Gasteiger partial charge in [0.15, 0.2) is 0 Å². The third-order valence-electron chi connectivity index (χ3n) is 4.67. The van der Waals surface area contributed by atoms with Crippen LogP contribution in [0.4, 0.5) is 0 Å². The van der Waals surface area contributed by atoms with Crippen molar-refractivity contribution in [3.05, 3.63) is 24.5 Å². The molecular formula is C17H27N3O. The summed E-state index contributed by atoms with van der Waals surface area (Å²) in [4.78, 5) is 14.2. The van der Waals surface area contributed by atoms with E-state index < -0.39 is 0 Å². The van der Waals surface area contributed by atoms with Crippen molar-refractivity contribution in [2.24, 2.45) is 5.92 Å². The second-order valence-corrected chi connectivity index (χ2v) is 6.54. The van der Waals surface area contributed by atoms with Crippen molar-refractivity contribution in [1.82, 2.24) is 14.8 Å². The van der Waals surface area contributed by atoms with Crippen LogP contribution in [0.25, 0.3) is 0 Å². The maximum atomic E-state index is 12.1. The van der Waals surface area contributed by atoms with E-state index in [2.05, 4.69) is 39.3 Å². The molecule has 0 aromatic carbocycles. The standard InChI is InChI=1S/C17H27N3O/c21-17-7-6-16(8-13-20(17)14-15-4-5-15)18-9-3-12-19-10-1-2-11-19/h1-2,10-11,15-16,18H,3-9,12-14H2. The van der Waals surface area contributed by atoms with Gasteiger partial charge in [0.1, 0.15) is 0 Å². The van der Waals surface area contributed by atoms with Crippen LogP contribution < -0.4 is 5.32 Å². The van der Waals surface area contributed by atoms with Gasteiger partial charge in [-0.25, -0.2) is 0 Å². The zero-order valence-electron chi connectivity index (χ0n) is 12.8. The molecule has 1 aliphatic heterocycles. The van der Waals surface area contributed by atoms with Crippen LogP contribution in [0, 0.1) is 5.92 Å². The molecule has 2 fully saturated rings. The molecule has 116 valence electrons. The molecule has 0 bridgehead atoms. The van der Waals surface area contributed by atoms with Crippen LogP contribution in [0.3, 0.4) is 0 Å². The summed E-state index contributed by atoms with van der Waals surface area (Å²) in [5.41, 5.74) is 0. The Morgan fingerprint density at radius 1 is 1.14 bits per heavy atom. The van der Waals surface area contributed by atoms with Gasteiger partial charge in [-0.3, -0.25) is 4.79 Å². The van der Waals surface area contributed by atoms with Crippen molar-refractivity contribution in [1.29, 1.82) is 0 Å². The Morgan fingerprint density at radius 3 is 2.71 bits per heavy atom. The summed E-state index contributed by atoms with van der Waals surface area (Å²) in [6.07, 6.45) is 10.9. The molecule has 1 aromatic heterocycles. The van der Waals surface area contributed by atoms with Gasteiger partial charge >= 0.3 is 0 Å². The molecule has 1 amide bonds. The molecule has 1 aromatic rings.